The fraction of sp³-hybridized carbons (Fsp3) is 0.300. The highest BCUT2D eigenvalue weighted by atomic mass is 19.3. The van der Waals surface area contributed by atoms with Crippen LogP contribution in [0.15, 0.2) is 12.1 Å². The van der Waals surface area contributed by atoms with Gasteiger partial charge in [-0.1, -0.05) is 0 Å². The molecular formula is C10H8F4O2. The Kier molecular flexibility index (Phi) is 3.51. The molecule has 0 bridgehead atoms. The third-order valence-corrected chi connectivity index (χ3v) is 1.68. The van der Waals surface area contributed by atoms with E-state index in [1.165, 1.54) is 0 Å². The van der Waals surface area contributed by atoms with Gasteiger partial charge in [0.25, 0.3) is 5.92 Å². The molecule has 0 fully saturated rings. The maximum absolute atomic E-state index is 13.1. The minimum atomic E-state index is -3.15. The van der Waals surface area contributed by atoms with Crippen molar-refractivity contribution in [2.45, 2.75) is 12.8 Å². The summed E-state index contributed by atoms with van der Waals surface area (Å²) < 4.78 is 55.3. The predicted molar refractivity (Wildman–Crippen MR) is 47.9 cm³/mol. The molecular weight excluding hydrogens is 228 g/mol. The molecule has 0 spiro atoms. The predicted octanol–water partition coefficient (Wildman–Crippen LogP) is 2.81. The molecule has 6 heteroatoms. The Morgan fingerprint density at radius 1 is 1.31 bits per heavy atom. The van der Waals surface area contributed by atoms with Gasteiger partial charge in [0.1, 0.15) is 0 Å². The lowest BCUT2D eigenvalue weighted by Gasteiger charge is -2.12. The molecule has 0 aliphatic heterocycles. The topological polar surface area (TPSA) is 26.3 Å². The van der Waals surface area contributed by atoms with Crippen LogP contribution in [-0.2, 0) is 0 Å². The van der Waals surface area contributed by atoms with Crippen LogP contribution in [0.1, 0.15) is 17.3 Å². The maximum Gasteiger partial charge on any atom is 0.278 e. The van der Waals surface area contributed by atoms with Crippen LogP contribution in [0.5, 0.6) is 5.75 Å². The minimum Gasteiger partial charge on any atom is -0.484 e. The summed E-state index contributed by atoms with van der Waals surface area (Å²) in [6, 6.07) is 1.88. The van der Waals surface area contributed by atoms with Gasteiger partial charge in [0.05, 0.1) is 5.56 Å². The van der Waals surface area contributed by atoms with E-state index in [1.807, 2.05) is 0 Å². The number of rotatable bonds is 4. The lowest BCUT2D eigenvalue weighted by atomic mass is 10.2. The Morgan fingerprint density at radius 3 is 2.44 bits per heavy atom. The summed E-state index contributed by atoms with van der Waals surface area (Å²) in [5.41, 5.74) is -0.492. The van der Waals surface area contributed by atoms with Crippen LogP contribution in [0.4, 0.5) is 17.6 Å². The van der Waals surface area contributed by atoms with Crippen LogP contribution in [0.2, 0.25) is 0 Å². The van der Waals surface area contributed by atoms with Crippen LogP contribution < -0.4 is 4.74 Å². The third kappa shape index (κ3) is 2.95. The Balaban J connectivity index is 2.91. The summed E-state index contributed by atoms with van der Waals surface area (Å²) in [5.74, 6) is -6.66. The van der Waals surface area contributed by atoms with E-state index in [1.54, 1.807) is 0 Å². The second-order valence-corrected chi connectivity index (χ2v) is 3.26. The van der Waals surface area contributed by atoms with Crippen molar-refractivity contribution >= 4 is 6.29 Å². The van der Waals surface area contributed by atoms with Crippen molar-refractivity contribution in [3.05, 3.63) is 29.3 Å². The Labute approximate surface area is 88.8 Å². The first kappa shape index (κ1) is 12.5. The number of carbonyl (C=O) groups excluding carboxylic acids is 1. The molecule has 88 valence electrons. The molecule has 2 nitrogen and oxygen atoms in total. The first-order chi connectivity index (χ1) is 7.35. The zero-order chi connectivity index (χ0) is 12.3. The van der Waals surface area contributed by atoms with Crippen LogP contribution in [0.25, 0.3) is 0 Å². The number of benzene rings is 1. The van der Waals surface area contributed by atoms with Gasteiger partial charge in [-0.3, -0.25) is 4.79 Å². The van der Waals surface area contributed by atoms with Crippen LogP contribution in [-0.4, -0.2) is 18.8 Å². The molecule has 0 atom stereocenters. The van der Waals surface area contributed by atoms with Gasteiger partial charge in [-0.2, -0.15) is 4.39 Å². The van der Waals surface area contributed by atoms with Gasteiger partial charge in [0, 0.05) is 6.92 Å². The number of aldehydes is 1. The Hall–Kier alpha value is -1.59. The van der Waals surface area contributed by atoms with E-state index in [2.05, 4.69) is 4.74 Å². The van der Waals surface area contributed by atoms with Crippen molar-refractivity contribution < 1.29 is 27.1 Å². The average molecular weight is 236 g/mol. The fourth-order valence-electron chi connectivity index (χ4n) is 0.954. The van der Waals surface area contributed by atoms with Crippen LogP contribution >= 0.6 is 0 Å². The zero-order valence-electron chi connectivity index (χ0n) is 8.27. The third-order valence-electron chi connectivity index (χ3n) is 1.68. The molecule has 1 aromatic rings. The molecule has 0 aliphatic rings. The quantitative estimate of drug-likeness (QED) is 0.593. The van der Waals surface area contributed by atoms with Crippen molar-refractivity contribution in [2.24, 2.45) is 0 Å². The zero-order valence-corrected chi connectivity index (χ0v) is 8.27. The van der Waals surface area contributed by atoms with Crippen molar-refractivity contribution in [2.75, 3.05) is 6.61 Å². The summed E-state index contributed by atoms with van der Waals surface area (Å²) in [7, 11) is 0. The standard InChI is InChI=1S/C10H8F4O2/c1-10(13,14)5-16-7-3-2-6(4-15)8(11)9(7)12/h2-4H,5H2,1H3. The SMILES string of the molecule is CC(F)(F)COc1ccc(C=O)c(F)c1F. The van der Waals surface area contributed by atoms with E-state index in [-0.39, 0.29) is 6.29 Å². The van der Waals surface area contributed by atoms with Gasteiger partial charge < -0.3 is 4.74 Å². The number of alkyl halides is 2. The highest BCUT2D eigenvalue weighted by molar-refractivity contribution is 5.75. The maximum atomic E-state index is 13.1. The first-order valence-corrected chi connectivity index (χ1v) is 4.29. The molecule has 1 aromatic carbocycles. The minimum absolute atomic E-state index is 0.122. The smallest absolute Gasteiger partial charge is 0.278 e. The first-order valence-electron chi connectivity index (χ1n) is 4.29. The lowest BCUT2D eigenvalue weighted by Crippen LogP contribution is -2.21. The Bertz CT molecular complexity index is 399. The van der Waals surface area contributed by atoms with Crippen LogP contribution in [0.3, 0.4) is 0 Å². The highest BCUT2D eigenvalue weighted by Crippen LogP contribution is 2.23. The van der Waals surface area contributed by atoms with Crippen molar-refractivity contribution in [1.82, 2.24) is 0 Å². The van der Waals surface area contributed by atoms with Gasteiger partial charge in [-0.25, -0.2) is 13.2 Å². The van der Waals surface area contributed by atoms with Gasteiger partial charge in [-0.15, -0.1) is 0 Å². The molecule has 0 aromatic heterocycles. The molecule has 0 unspecified atom stereocenters. The monoisotopic (exact) mass is 236 g/mol. The number of carbonyl (C=O) groups is 1. The van der Waals surface area contributed by atoms with E-state index in [9.17, 15) is 22.4 Å². The van der Waals surface area contributed by atoms with Gasteiger partial charge in [0.2, 0.25) is 5.82 Å². The molecule has 16 heavy (non-hydrogen) atoms. The second-order valence-electron chi connectivity index (χ2n) is 3.26. The van der Waals surface area contributed by atoms with Gasteiger partial charge in [0.15, 0.2) is 24.5 Å². The van der Waals surface area contributed by atoms with Gasteiger partial charge >= 0.3 is 0 Å². The van der Waals surface area contributed by atoms with Gasteiger partial charge in [-0.05, 0) is 12.1 Å². The number of hydrogen-bond donors (Lipinski definition) is 0. The molecule has 0 radical (unpaired) electrons. The summed E-state index contributed by atoms with van der Waals surface area (Å²) in [6.45, 7) is -0.481. The van der Waals surface area contributed by atoms with E-state index in [0.29, 0.717) is 6.92 Å². The van der Waals surface area contributed by atoms with E-state index >= 15 is 0 Å². The summed E-state index contributed by atoms with van der Waals surface area (Å²) in [6.07, 6.45) is 0.122. The molecule has 1 rings (SSSR count). The molecule has 0 aliphatic carbocycles. The van der Waals surface area contributed by atoms with Crippen molar-refractivity contribution in [3.63, 3.8) is 0 Å². The Morgan fingerprint density at radius 2 is 1.94 bits per heavy atom. The van der Waals surface area contributed by atoms with E-state index in [4.69, 9.17) is 0 Å². The van der Waals surface area contributed by atoms with Crippen molar-refractivity contribution in [1.29, 1.82) is 0 Å². The second kappa shape index (κ2) is 4.51. The van der Waals surface area contributed by atoms with E-state index < -0.39 is 35.5 Å². The fourth-order valence-corrected chi connectivity index (χ4v) is 0.954. The van der Waals surface area contributed by atoms with E-state index in [0.717, 1.165) is 12.1 Å². The summed E-state index contributed by atoms with van der Waals surface area (Å²) >= 11 is 0. The van der Waals surface area contributed by atoms with Crippen molar-refractivity contribution in [3.8, 4) is 5.75 Å². The normalized spacial score (nSPS) is 11.3. The summed E-state index contributed by atoms with van der Waals surface area (Å²) in [4.78, 5) is 10.2. The molecule has 0 N–H and O–H groups in total. The molecule has 0 saturated carbocycles. The molecule has 0 amide bonds. The molecule has 0 heterocycles. The largest absolute Gasteiger partial charge is 0.484 e. The highest BCUT2D eigenvalue weighted by Gasteiger charge is 2.23. The number of ether oxygens (including phenoxy) is 1. The summed E-state index contributed by atoms with van der Waals surface area (Å²) in [5, 5.41) is 0. The average Bonchev–Trinajstić information content (AvgIpc) is 2.19. The number of halogens is 4. The lowest BCUT2D eigenvalue weighted by molar-refractivity contribution is -0.0240. The molecule has 0 saturated heterocycles. The van der Waals surface area contributed by atoms with Crippen LogP contribution in [0, 0.1) is 11.6 Å². The number of hydrogen-bond acceptors (Lipinski definition) is 2.